The molecule has 1 aliphatic rings. The van der Waals surface area contributed by atoms with E-state index in [2.05, 4.69) is 14.9 Å². The molecule has 2 heterocycles. The minimum atomic E-state index is -0.440. The van der Waals surface area contributed by atoms with Crippen molar-refractivity contribution < 1.29 is 13.9 Å². The molecule has 0 bridgehead atoms. The number of hydrogen-bond acceptors (Lipinski definition) is 5. The zero-order valence-electron chi connectivity index (χ0n) is 17.7. The number of carbonyl (C=O) groups excluding carboxylic acids is 1. The molecule has 0 radical (unpaired) electrons. The zero-order valence-corrected chi connectivity index (χ0v) is 17.7. The minimum absolute atomic E-state index is 0.0403. The molecule has 7 heteroatoms. The Bertz CT molecular complexity index is 1060. The molecular formula is C24H25FN4O2. The number of rotatable bonds is 5. The number of halogens is 1. The number of anilines is 1. The summed E-state index contributed by atoms with van der Waals surface area (Å²) in [6.45, 7) is 5.82. The third kappa shape index (κ3) is 4.99. The van der Waals surface area contributed by atoms with Gasteiger partial charge in [0.15, 0.2) is 11.6 Å². The second kappa shape index (κ2) is 9.12. The summed E-state index contributed by atoms with van der Waals surface area (Å²) in [4.78, 5) is 25.3. The number of benzene rings is 2. The van der Waals surface area contributed by atoms with Gasteiger partial charge in [0.2, 0.25) is 11.8 Å². The third-order valence-corrected chi connectivity index (χ3v) is 5.40. The lowest BCUT2D eigenvalue weighted by atomic mass is 10.1. The topological polar surface area (TPSA) is 58.6 Å². The van der Waals surface area contributed by atoms with Crippen LogP contribution in [0.15, 0.2) is 60.9 Å². The van der Waals surface area contributed by atoms with Crippen molar-refractivity contribution >= 4 is 11.7 Å². The maximum Gasteiger partial charge on any atom is 0.227 e. The highest BCUT2D eigenvalue weighted by Gasteiger charge is 2.28. The monoisotopic (exact) mass is 420 g/mol. The molecule has 1 aromatic heterocycles. The number of nitrogens with zero attached hydrogens (tertiary/aromatic N) is 4. The molecule has 1 atom stereocenters. The predicted octanol–water partition coefficient (Wildman–Crippen LogP) is 4.00. The quantitative estimate of drug-likeness (QED) is 0.625. The molecule has 31 heavy (non-hydrogen) atoms. The number of aromatic nitrogens is 2. The van der Waals surface area contributed by atoms with Gasteiger partial charge in [0, 0.05) is 31.7 Å². The van der Waals surface area contributed by atoms with Crippen LogP contribution in [-0.4, -0.2) is 46.5 Å². The SMILES string of the molecule is Cc1ccc(F)c(Oc2cc(N3CCN(C(=O)Cc4ccccc4)[C@H](C)C3)ncn2)c1. The molecule has 0 spiro atoms. The Kier molecular flexibility index (Phi) is 6.11. The van der Waals surface area contributed by atoms with Gasteiger partial charge in [-0.1, -0.05) is 36.4 Å². The maximum absolute atomic E-state index is 14.0. The van der Waals surface area contributed by atoms with E-state index in [4.69, 9.17) is 4.74 Å². The average Bonchev–Trinajstić information content (AvgIpc) is 2.77. The standard InChI is InChI=1S/C24H25FN4O2/c1-17-8-9-20(25)21(12-17)31-23-14-22(26-16-27-23)28-10-11-29(18(2)15-28)24(30)13-19-6-4-3-5-7-19/h3-9,12,14,16,18H,10-11,13,15H2,1-2H3/t18-/m1/s1. The van der Waals surface area contributed by atoms with Crippen molar-refractivity contribution in [2.24, 2.45) is 0 Å². The molecule has 6 nitrogen and oxygen atoms in total. The van der Waals surface area contributed by atoms with Gasteiger partial charge in [-0.25, -0.2) is 14.4 Å². The molecule has 0 aliphatic carbocycles. The Morgan fingerprint density at radius 2 is 1.94 bits per heavy atom. The summed E-state index contributed by atoms with van der Waals surface area (Å²) in [7, 11) is 0. The van der Waals surface area contributed by atoms with Crippen molar-refractivity contribution in [2.45, 2.75) is 26.3 Å². The fourth-order valence-electron chi connectivity index (χ4n) is 3.77. The van der Waals surface area contributed by atoms with Gasteiger partial charge in [0.05, 0.1) is 6.42 Å². The van der Waals surface area contributed by atoms with Crippen LogP contribution in [0.3, 0.4) is 0 Å². The van der Waals surface area contributed by atoms with Crippen LogP contribution < -0.4 is 9.64 Å². The van der Waals surface area contributed by atoms with Gasteiger partial charge in [-0.05, 0) is 37.1 Å². The first-order valence-electron chi connectivity index (χ1n) is 10.3. The van der Waals surface area contributed by atoms with Crippen molar-refractivity contribution in [1.82, 2.24) is 14.9 Å². The van der Waals surface area contributed by atoms with Gasteiger partial charge < -0.3 is 14.5 Å². The molecule has 1 fully saturated rings. The fraction of sp³-hybridized carbons (Fsp3) is 0.292. The number of hydrogen-bond donors (Lipinski definition) is 0. The summed E-state index contributed by atoms with van der Waals surface area (Å²) in [5.41, 5.74) is 1.92. The fourth-order valence-corrected chi connectivity index (χ4v) is 3.77. The maximum atomic E-state index is 14.0. The van der Waals surface area contributed by atoms with Gasteiger partial charge in [-0.2, -0.15) is 0 Å². The van der Waals surface area contributed by atoms with Gasteiger partial charge in [0.25, 0.3) is 0 Å². The molecular weight excluding hydrogens is 395 g/mol. The molecule has 0 N–H and O–H groups in total. The first kappa shape index (κ1) is 20.8. The van der Waals surface area contributed by atoms with E-state index in [0.717, 1.165) is 11.1 Å². The Morgan fingerprint density at radius 1 is 1.13 bits per heavy atom. The van der Waals surface area contributed by atoms with Gasteiger partial charge in [-0.3, -0.25) is 4.79 Å². The van der Waals surface area contributed by atoms with E-state index < -0.39 is 5.82 Å². The van der Waals surface area contributed by atoms with E-state index in [1.54, 1.807) is 18.2 Å². The van der Waals surface area contributed by atoms with Crippen molar-refractivity contribution in [3.63, 3.8) is 0 Å². The number of ether oxygens (including phenoxy) is 1. The molecule has 0 saturated carbocycles. The van der Waals surface area contributed by atoms with Crippen molar-refractivity contribution in [1.29, 1.82) is 0 Å². The first-order chi connectivity index (χ1) is 15.0. The second-order valence-electron chi connectivity index (χ2n) is 7.79. The zero-order chi connectivity index (χ0) is 21.8. The Balaban J connectivity index is 1.41. The largest absolute Gasteiger partial charge is 0.436 e. The van der Waals surface area contributed by atoms with Crippen LogP contribution in [0.5, 0.6) is 11.6 Å². The molecule has 1 aliphatic heterocycles. The van der Waals surface area contributed by atoms with Crippen LogP contribution in [0.4, 0.5) is 10.2 Å². The highest BCUT2D eigenvalue weighted by Crippen LogP contribution is 2.26. The van der Waals surface area contributed by atoms with E-state index >= 15 is 0 Å². The third-order valence-electron chi connectivity index (χ3n) is 5.40. The summed E-state index contributed by atoms with van der Waals surface area (Å²) in [6.07, 6.45) is 1.81. The van der Waals surface area contributed by atoms with Crippen LogP contribution >= 0.6 is 0 Å². The minimum Gasteiger partial charge on any atom is -0.436 e. The Morgan fingerprint density at radius 3 is 2.71 bits per heavy atom. The van der Waals surface area contributed by atoms with Crippen LogP contribution in [-0.2, 0) is 11.2 Å². The van der Waals surface area contributed by atoms with E-state index in [1.165, 1.54) is 12.4 Å². The average molecular weight is 420 g/mol. The molecule has 1 amide bonds. The molecule has 160 valence electrons. The lowest BCUT2D eigenvalue weighted by Gasteiger charge is -2.40. The number of amides is 1. The smallest absolute Gasteiger partial charge is 0.227 e. The number of aryl methyl sites for hydroxylation is 1. The van der Waals surface area contributed by atoms with Crippen LogP contribution in [0, 0.1) is 12.7 Å². The summed E-state index contributed by atoms with van der Waals surface area (Å²) in [5.74, 6) is 0.795. The molecule has 4 rings (SSSR count). The highest BCUT2D eigenvalue weighted by molar-refractivity contribution is 5.79. The van der Waals surface area contributed by atoms with E-state index in [-0.39, 0.29) is 23.6 Å². The van der Waals surface area contributed by atoms with Gasteiger partial charge >= 0.3 is 0 Å². The lowest BCUT2D eigenvalue weighted by Crippen LogP contribution is -2.54. The van der Waals surface area contributed by atoms with E-state index in [0.29, 0.717) is 31.9 Å². The first-order valence-corrected chi connectivity index (χ1v) is 10.3. The van der Waals surface area contributed by atoms with Crippen LogP contribution in [0.1, 0.15) is 18.1 Å². The predicted molar refractivity (Wildman–Crippen MR) is 117 cm³/mol. The summed E-state index contributed by atoms with van der Waals surface area (Å²) in [6, 6.07) is 16.2. The van der Waals surface area contributed by atoms with Crippen molar-refractivity contribution in [3.05, 3.63) is 77.9 Å². The molecule has 2 aromatic carbocycles. The van der Waals surface area contributed by atoms with E-state index in [1.807, 2.05) is 49.1 Å². The van der Waals surface area contributed by atoms with Crippen LogP contribution in [0.2, 0.25) is 0 Å². The molecule has 3 aromatic rings. The second-order valence-corrected chi connectivity index (χ2v) is 7.79. The van der Waals surface area contributed by atoms with Crippen molar-refractivity contribution in [3.8, 4) is 11.6 Å². The van der Waals surface area contributed by atoms with E-state index in [9.17, 15) is 9.18 Å². The summed E-state index contributed by atoms with van der Waals surface area (Å²) < 4.78 is 19.7. The van der Waals surface area contributed by atoms with Gasteiger partial charge in [0.1, 0.15) is 12.1 Å². The normalized spacial score (nSPS) is 16.3. The Labute approximate surface area is 181 Å². The molecule has 0 unspecified atom stereocenters. The summed E-state index contributed by atoms with van der Waals surface area (Å²) >= 11 is 0. The van der Waals surface area contributed by atoms with Gasteiger partial charge in [-0.15, -0.1) is 0 Å². The Hall–Kier alpha value is -3.48. The number of carbonyl (C=O) groups is 1. The van der Waals surface area contributed by atoms with Crippen LogP contribution in [0.25, 0.3) is 0 Å². The molecule has 1 saturated heterocycles. The summed E-state index contributed by atoms with van der Waals surface area (Å²) in [5, 5.41) is 0. The van der Waals surface area contributed by atoms with Crippen molar-refractivity contribution in [2.75, 3.05) is 24.5 Å². The number of piperazine rings is 1. The highest BCUT2D eigenvalue weighted by atomic mass is 19.1. The lowest BCUT2D eigenvalue weighted by molar-refractivity contribution is -0.132.